The Bertz CT molecular complexity index is 1320. The maximum Gasteiger partial charge on any atom is 0.289 e. The highest BCUT2D eigenvalue weighted by Crippen LogP contribution is 2.32. The molecule has 158 valence electrons. The average Bonchev–Trinajstić information content (AvgIpc) is 3.20. The highest BCUT2D eigenvalue weighted by atomic mass is 32.1. The third-order valence-corrected chi connectivity index (χ3v) is 6.33. The lowest BCUT2D eigenvalue weighted by Gasteiger charge is -2.31. The van der Waals surface area contributed by atoms with Gasteiger partial charge in [0.2, 0.25) is 0 Å². The van der Waals surface area contributed by atoms with Crippen molar-refractivity contribution in [1.29, 1.82) is 0 Å². The van der Waals surface area contributed by atoms with Crippen LogP contribution in [0.5, 0.6) is 10.9 Å². The third kappa shape index (κ3) is 3.86. The van der Waals surface area contributed by atoms with E-state index in [-0.39, 0.29) is 23.2 Å². The molecule has 2 aromatic carbocycles. The van der Waals surface area contributed by atoms with E-state index in [0.29, 0.717) is 42.1 Å². The van der Waals surface area contributed by atoms with Crippen molar-refractivity contribution in [3.8, 4) is 10.9 Å². The van der Waals surface area contributed by atoms with Gasteiger partial charge < -0.3 is 18.8 Å². The number of thiazole rings is 1. The van der Waals surface area contributed by atoms with Crippen LogP contribution >= 0.6 is 11.3 Å². The summed E-state index contributed by atoms with van der Waals surface area (Å²) in [6, 6.07) is 13.9. The number of piperidine rings is 1. The Balaban J connectivity index is 1.25. The maximum absolute atomic E-state index is 12.9. The monoisotopic (exact) mass is 436 g/mol. The molecular formula is C23H20N2O5S. The van der Waals surface area contributed by atoms with Crippen molar-refractivity contribution in [2.45, 2.75) is 18.9 Å². The lowest BCUT2D eigenvalue weighted by molar-refractivity contribution is 0.0567. The van der Waals surface area contributed by atoms with Gasteiger partial charge in [-0.25, -0.2) is 4.98 Å². The number of likely N-dealkylation sites (tertiary alicyclic amines) is 1. The van der Waals surface area contributed by atoms with Crippen molar-refractivity contribution in [2.24, 2.45) is 0 Å². The van der Waals surface area contributed by atoms with E-state index in [2.05, 4.69) is 4.98 Å². The molecule has 1 aliphatic heterocycles. The van der Waals surface area contributed by atoms with E-state index in [0.717, 1.165) is 16.0 Å². The molecule has 0 aliphatic carbocycles. The fourth-order valence-electron chi connectivity index (χ4n) is 3.75. The van der Waals surface area contributed by atoms with Gasteiger partial charge in [0.1, 0.15) is 17.4 Å². The molecule has 0 spiro atoms. The molecule has 7 nitrogen and oxygen atoms in total. The molecule has 31 heavy (non-hydrogen) atoms. The number of para-hydroxylation sites is 1. The molecule has 0 radical (unpaired) electrons. The second-order valence-corrected chi connectivity index (χ2v) is 8.39. The van der Waals surface area contributed by atoms with E-state index in [1.807, 2.05) is 18.2 Å². The number of ether oxygens (including phenoxy) is 2. The van der Waals surface area contributed by atoms with Gasteiger partial charge in [-0.05, 0) is 30.3 Å². The molecule has 0 saturated carbocycles. The Hall–Kier alpha value is -3.39. The van der Waals surface area contributed by atoms with Crippen LogP contribution in [-0.2, 0) is 0 Å². The molecule has 3 heterocycles. The van der Waals surface area contributed by atoms with Crippen molar-refractivity contribution in [3.63, 3.8) is 0 Å². The van der Waals surface area contributed by atoms with Crippen LogP contribution in [0.25, 0.3) is 21.2 Å². The van der Waals surface area contributed by atoms with Crippen LogP contribution in [0.2, 0.25) is 0 Å². The maximum atomic E-state index is 12.9. The molecule has 0 atom stereocenters. The van der Waals surface area contributed by atoms with Gasteiger partial charge in [-0.3, -0.25) is 9.59 Å². The smallest absolute Gasteiger partial charge is 0.289 e. The molecule has 1 fully saturated rings. The van der Waals surface area contributed by atoms with Crippen LogP contribution in [0.1, 0.15) is 23.4 Å². The van der Waals surface area contributed by atoms with Crippen molar-refractivity contribution < 1.29 is 18.7 Å². The second kappa shape index (κ2) is 8.03. The van der Waals surface area contributed by atoms with Crippen LogP contribution in [0.4, 0.5) is 0 Å². The summed E-state index contributed by atoms with van der Waals surface area (Å²) in [5.74, 6) is 0.589. The van der Waals surface area contributed by atoms with E-state index in [9.17, 15) is 9.59 Å². The number of carbonyl (C=O) groups excluding carboxylic acids is 1. The van der Waals surface area contributed by atoms with Gasteiger partial charge in [-0.15, -0.1) is 0 Å². The minimum Gasteiger partial charge on any atom is -0.497 e. The number of aromatic nitrogens is 1. The Morgan fingerprint density at radius 2 is 1.97 bits per heavy atom. The third-order valence-electron chi connectivity index (χ3n) is 5.42. The van der Waals surface area contributed by atoms with E-state index < -0.39 is 0 Å². The minimum atomic E-state index is -0.270. The Labute approximate surface area is 181 Å². The summed E-state index contributed by atoms with van der Waals surface area (Å²) in [6.45, 7) is 1.05. The minimum absolute atomic E-state index is 0.0184. The quantitative estimate of drug-likeness (QED) is 0.479. The first-order valence-corrected chi connectivity index (χ1v) is 10.9. The standard InChI is InChI=1S/C23H20N2O5S/c1-28-15-6-7-17-21(12-15)31-23(24-17)29-14-8-10-25(11-9-14)22(27)20-13-18(26)16-4-2-3-5-19(16)30-20/h2-7,12-14H,8-11H2,1H3. The molecule has 2 aromatic heterocycles. The average molecular weight is 436 g/mol. The van der Waals surface area contributed by atoms with Crippen LogP contribution in [-0.4, -0.2) is 42.1 Å². The summed E-state index contributed by atoms with van der Waals surface area (Å²) >= 11 is 1.48. The van der Waals surface area contributed by atoms with Crippen LogP contribution < -0.4 is 14.9 Å². The zero-order valence-electron chi connectivity index (χ0n) is 16.9. The molecule has 1 aliphatic rings. The zero-order valence-corrected chi connectivity index (χ0v) is 17.7. The number of fused-ring (bicyclic) bond motifs is 2. The van der Waals surface area contributed by atoms with Gasteiger partial charge in [0, 0.05) is 32.0 Å². The number of hydrogen-bond acceptors (Lipinski definition) is 7. The van der Waals surface area contributed by atoms with Crippen molar-refractivity contribution in [1.82, 2.24) is 9.88 Å². The molecule has 0 N–H and O–H groups in total. The highest BCUT2D eigenvalue weighted by molar-refractivity contribution is 7.20. The first-order valence-electron chi connectivity index (χ1n) is 10.0. The van der Waals surface area contributed by atoms with E-state index in [1.54, 1.807) is 36.3 Å². The number of hydrogen-bond donors (Lipinski definition) is 0. The summed E-state index contributed by atoms with van der Waals surface area (Å²) in [7, 11) is 1.64. The van der Waals surface area contributed by atoms with Crippen LogP contribution in [0.15, 0.2) is 57.7 Å². The van der Waals surface area contributed by atoms with E-state index in [4.69, 9.17) is 13.9 Å². The second-order valence-electron chi connectivity index (χ2n) is 7.39. The summed E-state index contributed by atoms with van der Waals surface area (Å²) in [4.78, 5) is 31.4. The van der Waals surface area contributed by atoms with Crippen molar-refractivity contribution in [2.75, 3.05) is 20.2 Å². The first kappa shape index (κ1) is 19.6. The largest absolute Gasteiger partial charge is 0.497 e. The van der Waals surface area contributed by atoms with Crippen LogP contribution in [0, 0.1) is 0 Å². The molecule has 4 aromatic rings. The number of nitrogens with zero attached hydrogens (tertiary/aromatic N) is 2. The molecule has 8 heteroatoms. The number of carbonyl (C=O) groups is 1. The number of rotatable bonds is 4. The van der Waals surface area contributed by atoms with E-state index >= 15 is 0 Å². The predicted molar refractivity (Wildman–Crippen MR) is 118 cm³/mol. The van der Waals surface area contributed by atoms with Crippen molar-refractivity contribution >= 4 is 38.4 Å². The van der Waals surface area contributed by atoms with Gasteiger partial charge in [-0.2, -0.15) is 0 Å². The zero-order chi connectivity index (χ0) is 21.4. The Kier molecular flexibility index (Phi) is 5.07. The number of benzene rings is 2. The fraction of sp³-hybridized carbons (Fsp3) is 0.261. The van der Waals surface area contributed by atoms with Gasteiger partial charge in [0.15, 0.2) is 11.2 Å². The lowest BCUT2D eigenvalue weighted by atomic mass is 10.1. The topological polar surface area (TPSA) is 81.9 Å². The molecule has 0 bridgehead atoms. The summed E-state index contributed by atoms with van der Waals surface area (Å²) < 4.78 is 18.0. The first-order chi connectivity index (χ1) is 15.1. The van der Waals surface area contributed by atoms with E-state index in [1.165, 1.54) is 17.4 Å². The van der Waals surface area contributed by atoms with Gasteiger partial charge in [0.05, 0.1) is 22.7 Å². The highest BCUT2D eigenvalue weighted by Gasteiger charge is 2.27. The summed E-state index contributed by atoms with van der Waals surface area (Å²) in [5, 5.41) is 1.09. The summed E-state index contributed by atoms with van der Waals surface area (Å²) in [5.41, 5.74) is 1.08. The fourth-order valence-corrected chi connectivity index (χ4v) is 4.66. The number of methoxy groups -OCH3 is 1. The van der Waals surface area contributed by atoms with Gasteiger partial charge in [-0.1, -0.05) is 23.5 Å². The van der Waals surface area contributed by atoms with Crippen molar-refractivity contribution in [3.05, 3.63) is 64.5 Å². The van der Waals surface area contributed by atoms with Crippen LogP contribution in [0.3, 0.4) is 0 Å². The molecule has 0 unspecified atom stereocenters. The number of amides is 1. The summed E-state index contributed by atoms with van der Waals surface area (Å²) in [6.07, 6.45) is 1.35. The van der Waals surface area contributed by atoms with Gasteiger partial charge >= 0.3 is 0 Å². The molecule has 5 rings (SSSR count). The van der Waals surface area contributed by atoms with Gasteiger partial charge in [0.25, 0.3) is 11.1 Å². The Morgan fingerprint density at radius 1 is 1.16 bits per heavy atom. The lowest BCUT2D eigenvalue weighted by Crippen LogP contribution is -2.42. The molecular weight excluding hydrogens is 416 g/mol. The SMILES string of the molecule is COc1ccc2nc(OC3CCN(C(=O)c4cc(=O)c5ccccc5o4)CC3)sc2c1. The Morgan fingerprint density at radius 3 is 2.77 bits per heavy atom. The normalized spacial score (nSPS) is 14.8. The molecule has 1 amide bonds. The predicted octanol–water partition coefficient (Wildman–Crippen LogP) is 4.09. The molecule has 1 saturated heterocycles.